The fraction of sp³-hybridized carbons (Fsp3) is 0.474. The van der Waals surface area contributed by atoms with E-state index in [9.17, 15) is 18.0 Å². The lowest BCUT2D eigenvalue weighted by Gasteiger charge is -2.23. The smallest absolute Gasteiger partial charge is 0.375 e. The Labute approximate surface area is 163 Å². The van der Waals surface area contributed by atoms with Crippen LogP contribution < -0.4 is 4.74 Å². The number of hydrogen-bond donors (Lipinski definition) is 0. The van der Waals surface area contributed by atoms with Gasteiger partial charge in [0.2, 0.25) is 5.76 Å². The van der Waals surface area contributed by atoms with Crippen molar-refractivity contribution in [1.29, 1.82) is 0 Å². The van der Waals surface area contributed by atoms with Gasteiger partial charge < -0.3 is 18.8 Å². The number of rotatable bonds is 6. The minimum Gasteiger partial charge on any atom is -0.494 e. The van der Waals surface area contributed by atoms with E-state index in [2.05, 4.69) is 0 Å². The lowest BCUT2D eigenvalue weighted by Crippen LogP contribution is -2.40. The molecule has 0 radical (unpaired) electrons. The summed E-state index contributed by atoms with van der Waals surface area (Å²) in [4.78, 5) is 26.0. The zero-order valence-corrected chi connectivity index (χ0v) is 16.9. The van der Waals surface area contributed by atoms with Gasteiger partial charge in [0.25, 0.3) is 5.91 Å². The third kappa shape index (κ3) is 4.14. The molecule has 1 aliphatic rings. The van der Waals surface area contributed by atoms with Gasteiger partial charge in [-0.1, -0.05) is 0 Å². The molecule has 0 N–H and O–H groups in total. The van der Waals surface area contributed by atoms with Crippen molar-refractivity contribution in [3.05, 3.63) is 29.5 Å². The molecule has 0 bridgehead atoms. The van der Waals surface area contributed by atoms with Crippen molar-refractivity contribution in [3.8, 4) is 5.75 Å². The van der Waals surface area contributed by atoms with Crippen LogP contribution in [0.5, 0.6) is 5.75 Å². The van der Waals surface area contributed by atoms with Gasteiger partial charge in [-0.25, -0.2) is 13.2 Å². The zero-order chi connectivity index (χ0) is 20.5. The molecule has 0 spiro atoms. The molecule has 1 aromatic carbocycles. The van der Waals surface area contributed by atoms with Gasteiger partial charge >= 0.3 is 5.97 Å². The molecule has 2 heterocycles. The van der Waals surface area contributed by atoms with Crippen LogP contribution >= 0.6 is 0 Å². The first-order chi connectivity index (χ1) is 13.2. The van der Waals surface area contributed by atoms with Gasteiger partial charge in [-0.2, -0.15) is 0 Å². The number of fused-ring (bicyclic) bond motifs is 1. The van der Waals surface area contributed by atoms with Crippen LogP contribution in [0.2, 0.25) is 0 Å². The van der Waals surface area contributed by atoms with Crippen molar-refractivity contribution >= 4 is 32.7 Å². The zero-order valence-electron chi connectivity index (χ0n) is 16.1. The standard InChI is InChI=1S/C19H23NO7S/c1-4-25-14-5-6-16-15(9-14)12(2)18(27-16)19(22)26-10-17(21)20(3)13-7-8-28(23,24)11-13/h5-6,9,13H,4,7-8,10-11H2,1-3H3/t13-/m0/s1. The van der Waals surface area contributed by atoms with Gasteiger partial charge in [-0.3, -0.25) is 4.79 Å². The van der Waals surface area contributed by atoms with Crippen molar-refractivity contribution < 1.29 is 31.9 Å². The Morgan fingerprint density at radius 1 is 1.32 bits per heavy atom. The fourth-order valence-electron chi connectivity index (χ4n) is 3.23. The summed E-state index contributed by atoms with van der Waals surface area (Å²) in [5, 5.41) is 0.734. The Balaban J connectivity index is 1.66. The second-order valence-corrected chi connectivity index (χ2v) is 9.01. The van der Waals surface area contributed by atoms with Crippen LogP contribution in [0.25, 0.3) is 11.0 Å². The van der Waals surface area contributed by atoms with Crippen LogP contribution in [-0.2, 0) is 19.4 Å². The minimum atomic E-state index is -3.10. The number of aryl methyl sites for hydroxylation is 1. The molecule has 1 atom stereocenters. The predicted molar refractivity (Wildman–Crippen MR) is 102 cm³/mol. The maximum Gasteiger partial charge on any atom is 0.375 e. The first-order valence-electron chi connectivity index (χ1n) is 9.01. The molecule has 1 aliphatic heterocycles. The number of nitrogens with zero attached hydrogens (tertiary/aromatic N) is 1. The summed E-state index contributed by atoms with van der Waals surface area (Å²) in [6.07, 6.45) is 0.392. The highest BCUT2D eigenvalue weighted by Gasteiger charge is 2.33. The van der Waals surface area contributed by atoms with E-state index in [0.29, 0.717) is 29.9 Å². The fourth-order valence-corrected chi connectivity index (χ4v) is 5.00. The van der Waals surface area contributed by atoms with Gasteiger partial charge in [0.1, 0.15) is 11.3 Å². The highest BCUT2D eigenvalue weighted by molar-refractivity contribution is 7.91. The molecule has 28 heavy (non-hydrogen) atoms. The average molecular weight is 409 g/mol. The van der Waals surface area contributed by atoms with Crippen LogP contribution in [0.15, 0.2) is 22.6 Å². The molecule has 0 aliphatic carbocycles. The van der Waals surface area contributed by atoms with Gasteiger partial charge in [0.05, 0.1) is 18.1 Å². The van der Waals surface area contributed by atoms with E-state index in [1.807, 2.05) is 6.92 Å². The van der Waals surface area contributed by atoms with Crippen molar-refractivity contribution in [1.82, 2.24) is 4.90 Å². The number of amides is 1. The SMILES string of the molecule is CCOc1ccc2oc(C(=O)OCC(=O)N(C)[C@H]3CCS(=O)(=O)C3)c(C)c2c1. The number of ether oxygens (including phenoxy) is 2. The minimum absolute atomic E-state index is 0.0301. The molecule has 2 aromatic rings. The highest BCUT2D eigenvalue weighted by Crippen LogP contribution is 2.29. The highest BCUT2D eigenvalue weighted by atomic mass is 32.2. The van der Waals surface area contributed by atoms with E-state index in [1.54, 1.807) is 25.1 Å². The predicted octanol–water partition coefficient (Wildman–Crippen LogP) is 1.94. The summed E-state index contributed by atoms with van der Waals surface area (Å²) in [5.41, 5.74) is 1.12. The van der Waals surface area contributed by atoms with Crippen LogP contribution in [0, 0.1) is 6.92 Å². The lowest BCUT2D eigenvalue weighted by molar-refractivity contribution is -0.134. The van der Waals surface area contributed by atoms with Gasteiger partial charge in [-0.05, 0) is 38.5 Å². The van der Waals surface area contributed by atoms with E-state index in [4.69, 9.17) is 13.9 Å². The van der Waals surface area contributed by atoms with Gasteiger partial charge in [0.15, 0.2) is 16.4 Å². The summed E-state index contributed by atoms with van der Waals surface area (Å²) >= 11 is 0. The summed E-state index contributed by atoms with van der Waals surface area (Å²) in [6, 6.07) is 4.86. The third-order valence-electron chi connectivity index (χ3n) is 4.88. The molecule has 1 fully saturated rings. The van der Waals surface area contributed by atoms with E-state index in [0.717, 1.165) is 5.39 Å². The molecule has 3 rings (SSSR count). The molecule has 9 heteroatoms. The Bertz CT molecular complexity index is 1010. The third-order valence-corrected chi connectivity index (χ3v) is 6.63. The summed E-state index contributed by atoms with van der Waals surface area (Å²) < 4.78 is 39.3. The van der Waals surface area contributed by atoms with Crippen LogP contribution in [0.3, 0.4) is 0 Å². The van der Waals surface area contributed by atoms with Crippen LogP contribution in [0.4, 0.5) is 0 Å². The van der Waals surface area contributed by atoms with E-state index in [1.165, 1.54) is 11.9 Å². The first-order valence-corrected chi connectivity index (χ1v) is 10.8. The summed E-state index contributed by atoms with van der Waals surface area (Å²) in [7, 11) is -1.59. The summed E-state index contributed by atoms with van der Waals surface area (Å²) in [5.74, 6) is -0.495. The van der Waals surface area contributed by atoms with Crippen molar-refractivity contribution in [2.45, 2.75) is 26.3 Å². The number of carbonyl (C=O) groups excluding carboxylic acids is 2. The molecule has 8 nitrogen and oxygen atoms in total. The van der Waals surface area contributed by atoms with Crippen LogP contribution in [-0.4, -0.2) is 63.0 Å². The monoisotopic (exact) mass is 409 g/mol. The maximum absolute atomic E-state index is 12.4. The second-order valence-electron chi connectivity index (χ2n) is 6.78. The van der Waals surface area contributed by atoms with E-state index in [-0.39, 0.29) is 23.3 Å². The second kappa shape index (κ2) is 7.83. The Morgan fingerprint density at radius 3 is 2.71 bits per heavy atom. The number of likely N-dealkylation sites (N-methyl/N-ethyl adjacent to an activating group) is 1. The maximum atomic E-state index is 12.4. The molecular formula is C19H23NO7S. The number of benzene rings is 1. The number of furan rings is 1. The number of hydrogen-bond acceptors (Lipinski definition) is 7. The lowest BCUT2D eigenvalue weighted by atomic mass is 10.1. The topological polar surface area (TPSA) is 103 Å². The Kier molecular flexibility index (Phi) is 5.64. The normalized spacial score (nSPS) is 18.2. The first kappa shape index (κ1) is 20.2. The molecule has 0 saturated carbocycles. The van der Waals surface area contributed by atoms with Crippen LogP contribution in [0.1, 0.15) is 29.5 Å². The number of carbonyl (C=O) groups is 2. The Morgan fingerprint density at radius 2 is 2.07 bits per heavy atom. The average Bonchev–Trinajstić information content (AvgIpc) is 3.18. The number of esters is 1. The quantitative estimate of drug-likeness (QED) is 0.672. The molecule has 1 aromatic heterocycles. The molecule has 152 valence electrons. The van der Waals surface area contributed by atoms with Crippen molar-refractivity contribution in [2.75, 3.05) is 31.8 Å². The molecule has 1 saturated heterocycles. The molecule has 0 unspecified atom stereocenters. The molecule has 1 amide bonds. The largest absolute Gasteiger partial charge is 0.494 e. The van der Waals surface area contributed by atoms with Gasteiger partial charge in [0, 0.05) is 24.0 Å². The Hall–Kier alpha value is -2.55. The van der Waals surface area contributed by atoms with Gasteiger partial charge in [-0.15, -0.1) is 0 Å². The van der Waals surface area contributed by atoms with E-state index < -0.39 is 28.3 Å². The van der Waals surface area contributed by atoms with Crippen molar-refractivity contribution in [3.63, 3.8) is 0 Å². The summed E-state index contributed by atoms with van der Waals surface area (Å²) in [6.45, 7) is 3.65. The molecular weight excluding hydrogens is 386 g/mol. The van der Waals surface area contributed by atoms with Crippen molar-refractivity contribution in [2.24, 2.45) is 0 Å². The number of sulfone groups is 1. The van der Waals surface area contributed by atoms with E-state index >= 15 is 0 Å².